The van der Waals surface area contributed by atoms with Crippen molar-refractivity contribution in [1.82, 2.24) is 4.31 Å². The monoisotopic (exact) mass is 403 g/mol. The Morgan fingerprint density at radius 3 is 2.43 bits per heavy atom. The van der Waals surface area contributed by atoms with Gasteiger partial charge in [0.2, 0.25) is 0 Å². The minimum Gasteiger partial charge on any atom is -0.399 e. The van der Waals surface area contributed by atoms with Gasteiger partial charge in [0.1, 0.15) is 0 Å². The van der Waals surface area contributed by atoms with Crippen LogP contribution in [0.5, 0.6) is 0 Å². The molecular formula is C20H25N3O4S. The molecule has 3 rings (SSSR count). The number of hydrogen-bond acceptors (Lipinski definition) is 4. The van der Waals surface area contributed by atoms with Gasteiger partial charge in [-0.05, 0) is 54.8 Å². The van der Waals surface area contributed by atoms with Gasteiger partial charge in [-0.1, -0.05) is 31.4 Å². The number of benzene rings is 2. The van der Waals surface area contributed by atoms with Crippen LogP contribution in [0.1, 0.15) is 48.0 Å². The Kier molecular flexibility index (Phi) is 6.33. The third kappa shape index (κ3) is 5.31. The van der Waals surface area contributed by atoms with E-state index < -0.39 is 10.3 Å². The molecule has 0 saturated heterocycles. The SMILES string of the molecule is Nc1ccc(C(=O)Nc2cccc(CN(C3CCCCC3)S(=O)(=O)O)c2)cc1. The first-order valence-corrected chi connectivity index (χ1v) is 10.7. The van der Waals surface area contributed by atoms with Gasteiger partial charge in [0.25, 0.3) is 5.91 Å². The number of hydrogen-bond donors (Lipinski definition) is 3. The molecule has 0 atom stereocenters. The van der Waals surface area contributed by atoms with Crippen molar-refractivity contribution in [2.75, 3.05) is 11.1 Å². The average Bonchev–Trinajstić information content (AvgIpc) is 2.67. The fraction of sp³-hybridized carbons (Fsp3) is 0.350. The fourth-order valence-electron chi connectivity index (χ4n) is 3.53. The maximum atomic E-state index is 12.4. The summed E-state index contributed by atoms with van der Waals surface area (Å²) in [6, 6.07) is 13.4. The van der Waals surface area contributed by atoms with Gasteiger partial charge in [0.05, 0.1) is 0 Å². The van der Waals surface area contributed by atoms with Crippen molar-refractivity contribution in [2.24, 2.45) is 0 Å². The van der Waals surface area contributed by atoms with E-state index in [1.54, 1.807) is 48.5 Å². The first-order valence-electron chi connectivity index (χ1n) is 9.33. The van der Waals surface area contributed by atoms with Gasteiger partial charge in [-0.3, -0.25) is 9.35 Å². The summed E-state index contributed by atoms with van der Waals surface area (Å²) < 4.78 is 34.7. The highest BCUT2D eigenvalue weighted by molar-refractivity contribution is 7.83. The normalized spacial score (nSPS) is 15.5. The highest BCUT2D eigenvalue weighted by Gasteiger charge is 2.29. The molecule has 150 valence electrons. The van der Waals surface area contributed by atoms with Gasteiger partial charge in [0.15, 0.2) is 0 Å². The zero-order valence-electron chi connectivity index (χ0n) is 15.5. The molecule has 8 heteroatoms. The second-order valence-corrected chi connectivity index (χ2v) is 8.46. The molecule has 0 heterocycles. The Hall–Kier alpha value is -2.42. The lowest BCUT2D eigenvalue weighted by molar-refractivity contribution is 0.102. The molecule has 1 aliphatic carbocycles. The summed E-state index contributed by atoms with van der Waals surface area (Å²) in [5.41, 5.74) is 7.93. The first kappa shape index (κ1) is 20.3. The zero-order chi connectivity index (χ0) is 20.1. The van der Waals surface area contributed by atoms with Crippen LogP contribution in [0, 0.1) is 0 Å². The van der Waals surface area contributed by atoms with E-state index in [1.165, 1.54) is 0 Å². The molecule has 2 aromatic rings. The quantitative estimate of drug-likeness (QED) is 0.505. The molecular weight excluding hydrogens is 378 g/mol. The van der Waals surface area contributed by atoms with E-state index in [-0.39, 0.29) is 18.5 Å². The molecule has 0 aliphatic heterocycles. The summed E-state index contributed by atoms with van der Waals surface area (Å²) >= 11 is 0. The molecule has 1 aliphatic rings. The topological polar surface area (TPSA) is 113 Å². The molecule has 4 N–H and O–H groups in total. The molecule has 1 fully saturated rings. The predicted octanol–water partition coefficient (Wildman–Crippen LogP) is 3.46. The van der Waals surface area contributed by atoms with E-state index in [0.29, 0.717) is 22.5 Å². The van der Waals surface area contributed by atoms with E-state index in [9.17, 15) is 17.8 Å². The molecule has 0 radical (unpaired) electrons. The van der Waals surface area contributed by atoms with Crippen molar-refractivity contribution in [3.8, 4) is 0 Å². The summed E-state index contributed by atoms with van der Waals surface area (Å²) in [7, 11) is -4.31. The number of carbonyl (C=O) groups is 1. The van der Waals surface area contributed by atoms with Crippen molar-refractivity contribution in [1.29, 1.82) is 0 Å². The molecule has 1 amide bonds. The fourth-order valence-corrected chi connectivity index (χ4v) is 4.43. The summed E-state index contributed by atoms with van der Waals surface area (Å²) in [5, 5.41) is 2.80. The first-order chi connectivity index (χ1) is 13.3. The van der Waals surface area contributed by atoms with Gasteiger partial charge < -0.3 is 11.1 Å². The Morgan fingerprint density at radius 2 is 1.79 bits per heavy atom. The molecule has 0 unspecified atom stereocenters. The standard InChI is InChI=1S/C20H25N3O4S/c21-17-11-9-16(10-12-17)20(24)22-18-6-4-5-15(13-18)14-23(28(25,26)27)19-7-2-1-3-8-19/h4-6,9-13,19H,1-3,7-8,14,21H2,(H,22,24)(H,25,26,27). The highest BCUT2D eigenvalue weighted by atomic mass is 32.2. The van der Waals surface area contributed by atoms with E-state index in [2.05, 4.69) is 5.32 Å². The second-order valence-electron chi connectivity index (χ2n) is 7.09. The van der Waals surface area contributed by atoms with Crippen LogP contribution in [-0.4, -0.2) is 29.2 Å². The summed E-state index contributed by atoms with van der Waals surface area (Å²) in [5.74, 6) is -0.281. The zero-order valence-corrected chi connectivity index (χ0v) is 16.4. The van der Waals surface area contributed by atoms with Crippen LogP contribution < -0.4 is 11.1 Å². The molecule has 1 saturated carbocycles. The summed E-state index contributed by atoms with van der Waals surface area (Å²) in [6.45, 7) is 0.0646. The van der Waals surface area contributed by atoms with E-state index in [0.717, 1.165) is 36.4 Å². The van der Waals surface area contributed by atoms with Gasteiger partial charge in [-0.25, -0.2) is 0 Å². The van der Waals surface area contributed by atoms with Crippen molar-refractivity contribution < 1.29 is 17.8 Å². The third-order valence-electron chi connectivity index (χ3n) is 4.97. The largest absolute Gasteiger partial charge is 0.399 e. The Morgan fingerprint density at radius 1 is 1.11 bits per heavy atom. The van der Waals surface area contributed by atoms with Gasteiger partial charge in [-0.15, -0.1) is 0 Å². The van der Waals surface area contributed by atoms with E-state index in [1.807, 2.05) is 0 Å². The van der Waals surface area contributed by atoms with Crippen molar-refractivity contribution >= 4 is 27.6 Å². The van der Waals surface area contributed by atoms with Crippen LogP contribution >= 0.6 is 0 Å². The van der Waals surface area contributed by atoms with Crippen LogP contribution in [0.2, 0.25) is 0 Å². The number of nitrogens with one attached hydrogen (secondary N) is 1. The Bertz CT molecular complexity index is 923. The number of carbonyl (C=O) groups excluding carboxylic acids is 1. The van der Waals surface area contributed by atoms with E-state index >= 15 is 0 Å². The maximum absolute atomic E-state index is 12.4. The van der Waals surface area contributed by atoms with Crippen LogP contribution in [0.25, 0.3) is 0 Å². The molecule has 2 aromatic carbocycles. The lowest BCUT2D eigenvalue weighted by Crippen LogP contribution is -2.40. The van der Waals surface area contributed by atoms with Crippen LogP contribution in [0.4, 0.5) is 11.4 Å². The average molecular weight is 404 g/mol. The summed E-state index contributed by atoms with van der Waals surface area (Å²) in [6.07, 6.45) is 4.48. The van der Waals surface area contributed by atoms with Crippen LogP contribution in [0.3, 0.4) is 0 Å². The van der Waals surface area contributed by atoms with Crippen molar-refractivity contribution in [2.45, 2.75) is 44.7 Å². The predicted molar refractivity (Wildman–Crippen MR) is 109 cm³/mol. The summed E-state index contributed by atoms with van der Waals surface area (Å²) in [4.78, 5) is 12.4. The molecule has 0 bridgehead atoms. The second kappa shape index (κ2) is 8.72. The van der Waals surface area contributed by atoms with Crippen LogP contribution in [-0.2, 0) is 16.8 Å². The number of nitrogen functional groups attached to an aromatic ring is 1. The number of nitrogens with two attached hydrogens (primary N) is 1. The Labute approximate surface area is 165 Å². The van der Waals surface area contributed by atoms with E-state index in [4.69, 9.17) is 5.73 Å². The molecule has 0 spiro atoms. The maximum Gasteiger partial charge on any atom is 0.336 e. The van der Waals surface area contributed by atoms with Gasteiger partial charge >= 0.3 is 10.3 Å². The number of nitrogens with zero attached hydrogens (tertiary/aromatic N) is 1. The minimum absolute atomic E-state index is 0.0646. The highest BCUT2D eigenvalue weighted by Crippen LogP contribution is 2.26. The van der Waals surface area contributed by atoms with Crippen molar-refractivity contribution in [3.05, 3.63) is 59.7 Å². The molecule has 28 heavy (non-hydrogen) atoms. The van der Waals surface area contributed by atoms with Gasteiger partial charge in [0, 0.05) is 29.5 Å². The molecule has 0 aromatic heterocycles. The molecule has 7 nitrogen and oxygen atoms in total. The van der Waals surface area contributed by atoms with Crippen LogP contribution in [0.15, 0.2) is 48.5 Å². The lowest BCUT2D eigenvalue weighted by atomic mass is 9.95. The third-order valence-corrected chi connectivity index (χ3v) is 5.99. The number of anilines is 2. The number of amides is 1. The van der Waals surface area contributed by atoms with Crippen molar-refractivity contribution in [3.63, 3.8) is 0 Å². The lowest BCUT2D eigenvalue weighted by Gasteiger charge is -2.31. The van der Waals surface area contributed by atoms with Gasteiger partial charge in [-0.2, -0.15) is 12.7 Å². The minimum atomic E-state index is -4.31. The Balaban J connectivity index is 1.74. The number of rotatable bonds is 6. The smallest absolute Gasteiger partial charge is 0.336 e.